The van der Waals surface area contributed by atoms with E-state index in [0.29, 0.717) is 18.5 Å². The molecule has 156 valence electrons. The second-order valence-corrected chi connectivity index (χ2v) is 9.61. The average molecular weight is 425 g/mol. The molecule has 0 amide bonds. The fourth-order valence-corrected chi connectivity index (χ4v) is 6.03. The van der Waals surface area contributed by atoms with Gasteiger partial charge in [-0.15, -0.1) is 10.2 Å². The van der Waals surface area contributed by atoms with Gasteiger partial charge in [0.15, 0.2) is 11.3 Å². The molecule has 1 saturated carbocycles. The molecule has 0 bridgehead atoms. The van der Waals surface area contributed by atoms with Crippen LogP contribution in [0.1, 0.15) is 37.9 Å². The van der Waals surface area contributed by atoms with Crippen LogP contribution in [0.5, 0.6) is 0 Å². The van der Waals surface area contributed by atoms with Gasteiger partial charge in [-0.25, -0.2) is 13.8 Å². The van der Waals surface area contributed by atoms with Gasteiger partial charge >= 0.3 is 0 Å². The molecule has 0 radical (unpaired) electrons. The Hall–Kier alpha value is -2.18. The molecule has 5 rings (SSSR count). The molecule has 4 heterocycles. The van der Waals surface area contributed by atoms with E-state index in [9.17, 15) is 17.2 Å². The summed E-state index contributed by atoms with van der Waals surface area (Å²) in [6, 6.07) is 1.57. The van der Waals surface area contributed by atoms with Gasteiger partial charge in [0.25, 0.3) is 16.1 Å². The number of halogens is 2. The van der Waals surface area contributed by atoms with Crippen LogP contribution in [0.3, 0.4) is 0 Å². The van der Waals surface area contributed by atoms with Crippen molar-refractivity contribution in [2.45, 2.75) is 44.1 Å². The van der Waals surface area contributed by atoms with E-state index in [4.69, 9.17) is 0 Å². The summed E-state index contributed by atoms with van der Waals surface area (Å²) in [4.78, 5) is 7.39. The maximum absolute atomic E-state index is 13.1. The fourth-order valence-electron chi connectivity index (χ4n) is 4.55. The normalized spacial score (nSPS) is 27.6. The number of aromatic amines is 1. The zero-order valence-corrected chi connectivity index (χ0v) is 16.5. The summed E-state index contributed by atoms with van der Waals surface area (Å²) in [5.74, 6) is -1.96. The molecule has 12 heteroatoms. The highest BCUT2D eigenvalue weighted by molar-refractivity contribution is 7.87. The first kappa shape index (κ1) is 18.8. The molecule has 1 saturated heterocycles. The molecule has 3 aromatic rings. The molecule has 1 aliphatic carbocycles. The molecular formula is C17H21F2N7O2S. The van der Waals surface area contributed by atoms with Crippen molar-refractivity contribution in [3.8, 4) is 0 Å². The third-order valence-corrected chi connectivity index (χ3v) is 7.56. The summed E-state index contributed by atoms with van der Waals surface area (Å²) in [6.07, 6.45) is 5.46. The topological polar surface area (TPSA) is 108 Å². The maximum atomic E-state index is 13.1. The van der Waals surface area contributed by atoms with E-state index in [1.54, 1.807) is 12.4 Å². The van der Waals surface area contributed by atoms with Crippen molar-refractivity contribution in [1.29, 1.82) is 0 Å². The van der Waals surface area contributed by atoms with E-state index in [0.717, 1.165) is 27.7 Å². The monoisotopic (exact) mass is 425 g/mol. The first-order valence-electron chi connectivity index (χ1n) is 9.60. The van der Waals surface area contributed by atoms with Crippen molar-refractivity contribution < 1.29 is 17.2 Å². The number of H-pyrrole nitrogens is 1. The molecule has 3 atom stereocenters. The van der Waals surface area contributed by atoms with Crippen LogP contribution in [0.25, 0.3) is 16.8 Å². The van der Waals surface area contributed by atoms with E-state index in [1.807, 2.05) is 10.5 Å². The molecule has 9 nitrogen and oxygen atoms in total. The summed E-state index contributed by atoms with van der Waals surface area (Å²) in [5.41, 5.74) is 2.22. The van der Waals surface area contributed by atoms with Crippen LogP contribution in [-0.4, -0.2) is 62.3 Å². The molecule has 0 aromatic carbocycles. The number of alkyl halides is 2. The third kappa shape index (κ3) is 3.09. The minimum absolute atomic E-state index is 0.000955. The zero-order valence-electron chi connectivity index (χ0n) is 15.7. The highest BCUT2D eigenvalue weighted by Crippen LogP contribution is 2.42. The fraction of sp³-hybridized carbons (Fsp3) is 0.588. The van der Waals surface area contributed by atoms with Crippen molar-refractivity contribution in [2.24, 2.45) is 5.92 Å². The average Bonchev–Trinajstić information content (AvgIpc) is 3.35. The van der Waals surface area contributed by atoms with Crippen molar-refractivity contribution in [2.75, 3.05) is 13.1 Å². The van der Waals surface area contributed by atoms with Gasteiger partial charge in [-0.2, -0.15) is 17.4 Å². The van der Waals surface area contributed by atoms with Crippen LogP contribution in [0.4, 0.5) is 8.78 Å². The van der Waals surface area contributed by atoms with Crippen molar-refractivity contribution >= 4 is 27.0 Å². The van der Waals surface area contributed by atoms with Gasteiger partial charge in [-0.05, 0) is 24.8 Å². The standard InChI is InChI=1S/C17H21F2N7O2S/c1-2-10-5-11(24-29(27,28)25-8-17(18,19)9-25)6-12(10)16-23-22-14-7-21-15-13(26(14)16)3-4-20-15/h3-4,7,10-12,20,24H,2,5-6,8-9H2,1H3/t10-,11+,12+/m1/s1. The lowest BCUT2D eigenvalue weighted by atomic mass is 9.93. The molecule has 0 unspecified atom stereocenters. The van der Waals surface area contributed by atoms with Gasteiger partial charge in [0.1, 0.15) is 5.82 Å². The molecule has 3 aromatic heterocycles. The second kappa shape index (κ2) is 6.41. The van der Waals surface area contributed by atoms with Crippen LogP contribution in [-0.2, 0) is 10.2 Å². The van der Waals surface area contributed by atoms with Gasteiger partial charge in [-0.1, -0.05) is 13.3 Å². The van der Waals surface area contributed by atoms with E-state index in [-0.39, 0.29) is 17.9 Å². The molecule has 2 N–H and O–H groups in total. The number of fused-ring (bicyclic) bond motifs is 3. The van der Waals surface area contributed by atoms with Crippen molar-refractivity contribution in [3.05, 3.63) is 24.3 Å². The Labute approximate surface area is 165 Å². The second-order valence-electron chi connectivity index (χ2n) is 7.91. The largest absolute Gasteiger partial charge is 0.345 e. The summed E-state index contributed by atoms with van der Waals surface area (Å²) in [5, 5.41) is 8.62. The third-order valence-electron chi connectivity index (χ3n) is 5.99. The lowest BCUT2D eigenvalue weighted by molar-refractivity contribution is -0.0950. The minimum Gasteiger partial charge on any atom is -0.345 e. The van der Waals surface area contributed by atoms with Gasteiger partial charge in [0.05, 0.1) is 24.8 Å². The quantitative estimate of drug-likeness (QED) is 0.646. The number of hydrogen-bond acceptors (Lipinski definition) is 5. The molecule has 1 aliphatic heterocycles. The first-order chi connectivity index (χ1) is 13.8. The van der Waals surface area contributed by atoms with Crippen molar-refractivity contribution in [3.63, 3.8) is 0 Å². The van der Waals surface area contributed by atoms with Crippen LogP contribution in [0, 0.1) is 5.92 Å². The number of nitrogens with zero attached hydrogens (tertiary/aromatic N) is 5. The summed E-state index contributed by atoms with van der Waals surface area (Å²) >= 11 is 0. The predicted molar refractivity (Wildman–Crippen MR) is 101 cm³/mol. The van der Waals surface area contributed by atoms with E-state index < -0.39 is 29.2 Å². The smallest absolute Gasteiger partial charge is 0.280 e. The van der Waals surface area contributed by atoms with Crippen LogP contribution >= 0.6 is 0 Å². The van der Waals surface area contributed by atoms with Gasteiger partial charge in [0.2, 0.25) is 0 Å². The highest BCUT2D eigenvalue weighted by Gasteiger charge is 2.50. The molecule has 0 spiro atoms. The Kier molecular flexibility index (Phi) is 4.16. The first-order valence-corrected chi connectivity index (χ1v) is 11.0. The van der Waals surface area contributed by atoms with E-state index in [1.165, 1.54) is 0 Å². The van der Waals surface area contributed by atoms with Crippen LogP contribution < -0.4 is 4.72 Å². The van der Waals surface area contributed by atoms with Gasteiger partial charge in [-0.3, -0.25) is 4.40 Å². The Morgan fingerprint density at radius 3 is 2.83 bits per heavy atom. The highest BCUT2D eigenvalue weighted by atomic mass is 32.2. The SMILES string of the molecule is CC[C@@H]1C[C@H](NS(=O)(=O)N2CC(F)(F)C2)C[C@@H]1c1nnc2cnc3[nH]ccc3n12. The number of rotatable bonds is 5. The van der Waals surface area contributed by atoms with E-state index in [2.05, 4.69) is 31.8 Å². The van der Waals surface area contributed by atoms with Gasteiger partial charge in [0, 0.05) is 18.2 Å². The lowest BCUT2D eigenvalue weighted by Gasteiger charge is -2.37. The Balaban J connectivity index is 1.42. The van der Waals surface area contributed by atoms with E-state index >= 15 is 0 Å². The summed E-state index contributed by atoms with van der Waals surface area (Å²) in [6.45, 7) is 0.535. The summed E-state index contributed by atoms with van der Waals surface area (Å²) in [7, 11) is -3.92. The van der Waals surface area contributed by atoms with Crippen LogP contribution in [0.15, 0.2) is 18.5 Å². The Morgan fingerprint density at radius 2 is 2.10 bits per heavy atom. The number of hydrogen-bond donors (Lipinski definition) is 2. The van der Waals surface area contributed by atoms with Crippen molar-refractivity contribution in [1.82, 2.24) is 33.6 Å². The zero-order chi connectivity index (χ0) is 20.4. The number of aromatic nitrogens is 5. The summed E-state index contributed by atoms with van der Waals surface area (Å²) < 4.78 is 56.4. The molecule has 2 aliphatic rings. The predicted octanol–water partition coefficient (Wildman–Crippen LogP) is 1.66. The molecular weight excluding hydrogens is 404 g/mol. The molecule has 2 fully saturated rings. The minimum atomic E-state index is -3.92. The van der Waals surface area contributed by atoms with Gasteiger partial charge < -0.3 is 4.98 Å². The van der Waals surface area contributed by atoms with Crippen LogP contribution in [0.2, 0.25) is 0 Å². The Morgan fingerprint density at radius 1 is 1.31 bits per heavy atom. The Bertz CT molecular complexity index is 1170. The lowest BCUT2D eigenvalue weighted by Crippen LogP contribution is -2.61. The maximum Gasteiger partial charge on any atom is 0.280 e. The number of nitrogens with one attached hydrogen (secondary N) is 2. The molecule has 29 heavy (non-hydrogen) atoms.